The van der Waals surface area contributed by atoms with Crippen molar-refractivity contribution in [3.63, 3.8) is 0 Å². The van der Waals surface area contributed by atoms with Crippen LogP contribution in [-0.4, -0.2) is 15.0 Å². The van der Waals surface area contributed by atoms with E-state index < -0.39 is 0 Å². The number of fused-ring (bicyclic) bond motifs is 6. The minimum absolute atomic E-state index is 0.0257. The fourth-order valence-corrected chi connectivity index (χ4v) is 7.61. The Labute approximate surface area is 300 Å². The molecule has 0 radical (unpaired) electrons. The highest BCUT2D eigenvalue weighted by atomic mass is 32.1. The van der Waals surface area contributed by atoms with Gasteiger partial charge in [0.15, 0.2) is 17.5 Å². The Morgan fingerprint density at radius 3 is 1.94 bits per heavy atom. The van der Waals surface area contributed by atoms with Crippen LogP contribution in [-0.2, 0) is 0 Å². The van der Waals surface area contributed by atoms with Gasteiger partial charge in [-0.05, 0) is 40.9 Å². The molecule has 7 aromatic carbocycles. The molecule has 0 bridgehead atoms. The van der Waals surface area contributed by atoms with Crippen molar-refractivity contribution in [1.29, 1.82) is 0 Å². The Morgan fingerprint density at radius 1 is 0.460 bits per heavy atom. The van der Waals surface area contributed by atoms with E-state index in [1.807, 2.05) is 109 Å². The third kappa shape index (κ3) is 4.79. The van der Waals surface area contributed by atoms with E-state index in [4.69, 9.17) is 23.5 Å². The average Bonchev–Trinajstić information content (AvgIpc) is 3.83. The Balaban J connectivity index is 1.22. The lowest BCUT2D eigenvalue weighted by molar-refractivity contribution is 0.670. The summed E-state index contributed by atoms with van der Waals surface area (Å²) in [4.78, 5) is 14.7. The highest BCUT2D eigenvalue weighted by Gasteiger charge is 2.18. The Morgan fingerprint density at radius 2 is 1.12 bits per heavy atom. The Hall–Kier alpha value is -6.43. The molecule has 0 saturated heterocycles. The molecule has 10 rings (SSSR count). The van der Waals surface area contributed by atoms with Crippen molar-refractivity contribution in [3.8, 4) is 56.4 Å². The molecule has 3 heterocycles. The second-order valence-electron chi connectivity index (χ2n) is 11.9. The van der Waals surface area contributed by atoms with Gasteiger partial charge in [0.05, 0.1) is 8.22 Å². The monoisotopic (exact) mass is 663 g/mol. The van der Waals surface area contributed by atoms with Crippen LogP contribution in [0.3, 0.4) is 0 Å². The van der Waals surface area contributed by atoms with Gasteiger partial charge < -0.3 is 4.42 Å². The lowest BCUT2D eigenvalue weighted by atomic mass is 9.99. The summed E-state index contributed by atoms with van der Waals surface area (Å²) in [6.07, 6.45) is 0. The largest absolute Gasteiger partial charge is 0.455 e. The molecule has 0 fully saturated rings. The lowest BCUT2D eigenvalue weighted by Gasteiger charge is -2.09. The summed E-state index contributed by atoms with van der Waals surface area (Å²) in [7, 11) is 0. The van der Waals surface area contributed by atoms with Crippen LogP contribution in [0.2, 0.25) is 0 Å². The molecule has 0 aliphatic carbocycles. The zero-order valence-electron chi connectivity index (χ0n) is 32.3. The first-order valence-corrected chi connectivity index (χ1v) is 16.9. The molecular weight excluding hydrogens is 631 g/mol. The number of aromatic nitrogens is 3. The summed E-state index contributed by atoms with van der Waals surface area (Å²) in [6.45, 7) is 0. The number of nitrogens with zero attached hydrogens (tertiary/aromatic N) is 3. The zero-order chi connectivity index (χ0) is 38.2. The molecular formula is C45H27N3OS. The van der Waals surface area contributed by atoms with E-state index in [0.717, 1.165) is 36.9 Å². The normalized spacial score (nSPS) is 13.3. The van der Waals surface area contributed by atoms with E-state index >= 15 is 0 Å². The van der Waals surface area contributed by atoms with Crippen LogP contribution < -0.4 is 0 Å². The topological polar surface area (TPSA) is 51.8 Å². The fourth-order valence-electron chi connectivity index (χ4n) is 6.48. The first-order chi connectivity index (χ1) is 27.3. The van der Waals surface area contributed by atoms with Gasteiger partial charge in [-0.2, -0.15) is 0 Å². The number of furan rings is 1. The van der Waals surface area contributed by atoms with Crippen LogP contribution in [0.25, 0.3) is 98.5 Å². The van der Waals surface area contributed by atoms with Crippen LogP contribution in [0, 0.1) is 0 Å². The second kappa shape index (κ2) is 11.6. The van der Waals surface area contributed by atoms with Gasteiger partial charge in [0, 0.05) is 53.2 Å². The lowest BCUT2D eigenvalue weighted by Crippen LogP contribution is -2.00. The van der Waals surface area contributed by atoms with Gasteiger partial charge in [-0.25, -0.2) is 15.0 Å². The molecule has 0 atom stereocenters. The van der Waals surface area contributed by atoms with Gasteiger partial charge in [-0.3, -0.25) is 0 Å². The Kier molecular flexibility index (Phi) is 5.35. The quantitative estimate of drug-likeness (QED) is 0.184. The number of benzene rings is 7. The van der Waals surface area contributed by atoms with E-state index in [9.17, 15) is 4.11 Å². The maximum atomic E-state index is 9.54. The van der Waals surface area contributed by atoms with Crippen molar-refractivity contribution in [2.75, 3.05) is 0 Å². The van der Waals surface area contributed by atoms with Crippen molar-refractivity contribution in [2.24, 2.45) is 0 Å². The van der Waals surface area contributed by atoms with Crippen LogP contribution in [0.4, 0.5) is 0 Å². The summed E-state index contributed by atoms with van der Waals surface area (Å²) in [6, 6.07) is 39.2. The number of rotatable bonds is 5. The van der Waals surface area contributed by atoms with Gasteiger partial charge in [-0.1, -0.05) is 139 Å². The maximum absolute atomic E-state index is 9.54. The summed E-state index contributed by atoms with van der Waals surface area (Å²) < 4.78 is 63.5. The molecule has 50 heavy (non-hydrogen) atoms. The van der Waals surface area contributed by atoms with Gasteiger partial charge in [0.25, 0.3) is 0 Å². The molecule has 0 amide bonds. The van der Waals surface area contributed by atoms with Crippen molar-refractivity contribution in [1.82, 2.24) is 15.0 Å². The van der Waals surface area contributed by atoms with Crippen LogP contribution in [0.15, 0.2) is 168 Å². The van der Waals surface area contributed by atoms with Crippen molar-refractivity contribution in [2.45, 2.75) is 0 Å². The van der Waals surface area contributed by atoms with Crippen molar-refractivity contribution < 1.29 is 12.6 Å². The van der Waals surface area contributed by atoms with Crippen LogP contribution in [0.5, 0.6) is 0 Å². The summed E-state index contributed by atoms with van der Waals surface area (Å²) in [5, 5.41) is 2.22. The number of thiophene rings is 1. The van der Waals surface area contributed by atoms with Gasteiger partial charge in [-0.15, -0.1) is 11.3 Å². The molecule has 0 unspecified atom stereocenters. The molecule has 0 saturated carbocycles. The molecule has 5 heteroatoms. The third-order valence-corrected chi connectivity index (χ3v) is 10.0. The second-order valence-corrected chi connectivity index (χ2v) is 13.0. The average molecular weight is 664 g/mol. The van der Waals surface area contributed by atoms with Crippen LogP contribution in [0.1, 0.15) is 8.22 Å². The summed E-state index contributed by atoms with van der Waals surface area (Å²) in [5.74, 6) is 0.719. The molecule has 4 nitrogen and oxygen atoms in total. The first kappa shape index (κ1) is 23.0. The SMILES string of the molecule is [2H]c1c([2H])c([2H])c2c(oc3c([2H])c(-c4nc(-c5ccccc5)nc(-c5cccc6sc7ccccc7c56)n4)c([2H])c([2H])c32)c1-c1ccc(-c2ccccc2)cc1. The molecule has 0 aliphatic rings. The van der Waals surface area contributed by atoms with Gasteiger partial charge >= 0.3 is 0 Å². The van der Waals surface area contributed by atoms with Gasteiger partial charge in [0.1, 0.15) is 11.2 Å². The molecule has 0 N–H and O–H groups in total. The summed E-state index contributed by atoms with van der Waals surface area (Å²) >= 11 is 1.67. The van der Waals surface area contributed by atoms with Crippen LogP contribution >= 0.6 is 11.3 Å². The number of hydrogen-bond donors (Lipinski definition) is 0. The predicted octanol–water partition coefficient (Wildman–Crippen LogP) is 12.5. The van der Waals surface area contributed by atoms with E-state index in [-0.39, 0.29) is 75.1 Å². The molecule has 10 aromatic rings. The van der Waals surface area contributed by atoms with E-state index in [2.05, 4.69) is 18.2 Å². The Bertz CT molecular complexity index is 3200. The van der Waals surface area contributed by atoms with Crippen molar-refractivity contribution in [3.05, 3.63) is 164 Å². The highest BCUT2D eigenvalue weighted by Crippen LogP contribution is 2.41. The molecule has 234 valence electrons. The van der Waals surface area contributed by atoms with Crippen molar-refractivity contribution >= 4 is 53.4 Å². The van der Waals surface area contributed by atoms with E-state index in [1.54, 1.807) is 11.3 Å². The third-order valence-electron chi connectivity index (χ3n) is 8.88. The smallest absolute Gasteiger partial charge is 0.164 e. The minimum atomic E-state index is -0.339. The standard InChI is InChI=1S/C45H27N3OS/c1-3-11-28(12-4-1)29-21-23-30(24-22-29)33-16-9-17-35-34-26-25-32(27-38(34)49-42(33)35)44-46-43(31-13-5-2-6-14-31)47-45(48-44)37-18-10-20-40-41(37)36-15-7-8-19-39(36)50-40/h1-27H/i9D,16D,17D,25D,26D,27D. The zero-order valence-corrected chi connectivity index (χ0v) is 27.1. The molecule has 0 spiro atoms. The highest BCUT2D eigenvalue weighted by molar-refractivity contribution is 7.25. The number of hydrogen-bond acceptors (Lipinski definition) is 5. The first-order valence-electron chi connectivity index (χ1n) is 19.1. The summed E-state index contributed by atoms with van der Waals surface area (Å²) in [5.41, 5.74) is 4.35. The fraction of sp³-hybridized carbons (Fsp3) is 0. The predicted molar refractivity (Wildman–Crippen MR) is 207 cm³/mol. The van der Waals surface area contributed by atoms with E-state index in [1.165, 1.54) is 0 Å². The minimum Gasteiger partial charge on any atom is -0.455 e. The van der Waals surface area contributed by atoms with E-state index in [0.29, 0.717) is 22.8 Å². The molecule has 3 aromatic heterocycles. The number of para-hydroxylation sites is 1. The molecule has 0 aliphatic heterocycles. The maximum Gasteiger partial charge on any atom is 0.164 e. The van der Waals surface area contributed by atoms with Gasteiger partial charge in [0.2, 0.25) is 0 Å².